The summed E-state index contributed by atoms with van der Waals surface area (Å²) in [5, 5.41) is 16.4. The first-order valence-corrected chi connectivity index (χ1v) is 6.72. The third-order valence-electron chi connectivity index (χ3n) is 3.08. The fraction of sp³-hybridized carbons (Fsp3) is 0.400. The van der Waals surface area contributed by atoms with E-state index in [-0.39, 0.29) is 6.61 Å². The Morgan fingerprint density at radius 2 is 2.05 bits per heavy atom. The van der Waals surface area contributed by atoms with Crippen molar-refractivity contribution >= 4 is 0 Å². The number of rotatable bonds is 8. The van der Waals surface area contributed by atoms with Crippen LogP contribution in [-0.4, -0.2) is 28.6 Å². The van der Waals surface area contributed by atoms with Crippen LogP contribution in [0.25, 0.3) is 0 Å². The average Bonchev–Trinajstić information content (AvgIpc) is 2.89. The number of hydrogen-bond acceptors (Lipinski definition) is 4. The van der Waals surface area contributed by atoms with Crippen LogP contribution in [0, 0.1) is 0 Å². The maximum absolute atomic E-state index is 8.85. The monoisotopic (exact) mass is 275 g/mol. The van der Waals surface area contributed by atoms with Crippen molar-refractivity contribution < 1.29 is 9.84 Å². The molecule has 0 radical (unpaired) electrons. The van der Waals surface area contributed by atoms with Gasteiger partial charge in [0.15, 0.2) is 0 Å². The molecule has 0 atom stereocenters. The van der Waals surface area contributed by atoms with Gasteiger partial charge >= 0.3 is 0 Å². The van der Waals surface area contributed by atoms with Crippen LogP contribution in [0.5, 0.6) is 0 Å². The molecule has 0 bridgehead atoms. The van der Waals surface area contributed by atoms with Gasteiger partial charge in [0, 0.05) is 32.0 Å². The fourth-order valence-electron chi connectivity index (χ4n) is 2.09. The lowest BCUT2D eigenvalue weighted by Crippen LogP contribution is -2.14. The van der Waals surface area contributed by atoms with E-state index in [4.69, 9.17) is 9.84 Å². The van der Waals surface area contributed by atoms with Gasteiger partial charge in [-0.2, -0.15) is 5.10 Å². The van der Waals surface area contributed by atoms with Crippen LogP contribution in [-0.2, 0) is 31.0 Å². The Hall–Kier alpha value is -1.69. The number of aromatic nitrogens is 2. The summed E-state index contributed by atoms with van der Waals surface area (Å²) in [6.45, 7) is 2.83. The van der Waals surface area contributed by atoms with Crippen LogP contribution in [0.4, 0.5) is 0 Å². The van der Waals surface area contributed by atoms with E-state index in [0.717, 1.165) is 18.7 Å². The van der Waals surface area contributed by atoms with Gasteiger partial charge in [0.1, 0.15) is 0 Å². The molecule has 0 fully saturated rings. The van der Waals surface area contributed by atoms with E-state index in [1.165, 1.54) is 11.1 Å². The van der Waals surface area contributed by atoms with Gasteiger partial charge < -0.3 is 15.2 Å². The van der Waals surface area contributed by atoms with E-state index in [1.807, 2.05) is 24.5 Å². The lowest BCUT2D eigenvalue weighted by Gasteiger charge is -2.09. The number of nitrogens with one attached hydrogen (secondary N) is 1. The van der Waals surface area contributed by atoms with Crippen molar-refractivity contribution in [2.24, 2.45) is 0 Å². The molecule has 2 N–H and O–H groups in total. The van der Waals surface area contributed by atoms with Crippen molar-refractivity contribution in [3.63, 3.8) is 0 Å². The van der Waals surface area contributed by atoms with Crippen LogP contribution >= 0.6 is 0 Å². The summed E-state index contributed by atoms with van der Waals surface area (Å²) in [5.41, 5.74) is 3.57. The molecule has 1 aromatic carbocycles. The van der Waals surface area contributed by atoms with Crippen LogP contribution in [0.1, 0.15) is 16.7 Å². The zero-order valence-electron chi connectivity index (χ0n) is 11.7. The van der Waals surface area contributed by atoms with Crippen LogP contribution in [0.2, 0.25) is 0 Å². The van der Waals surface area contributed by atoms with E-state index in [1.54, 1.807) is 11.8 Å². The van der Waals surface area contributed by atoms with Crippen molar-refractivity contribution in [2.75, 3.05) is 13.7 Å². The number of nitrogens with zero attached hydrogens (tertiary/aromatic N) is 2. The van der Waals surface area contributed by atoms with Gasteiger partial charge in [0.05, 0.1) is 26.0 Å². The summed E-state index contributed by atoms with van der Waals surface area (Å²) in [4.78, 5) is 0. The number of hydrogen-bond donors (Lipinski definition) is 2. The Labute approximate surface area is 119 Å². The van der Waals surface area contributed by atoms with Gasteiger partial charge in [0.25, 0.3) is 0 Å². The normalized spacial score (nSPS) is 10.9. The molecule has 0 saturated heterocycles. The lowest BCUT2D eigenvalue weighted by molar-refractivity contribution is 0.184. The van der Waals surface area contributed by atoms with E-state index >= 15 is 0 Å². The molecule has 5 nitrogen and oxygen atoms in total. The Balaban J connectivity index is 1.85. The van der Waals surface area contributed by atoms with Gasteiger partial charge in [0.2, 0.25) is 0 Å². The fourth-order valence-corrected chi connectivity index (χ4v) is 2.09. The first-order valence-electron chi connectivity index (χ1n) is 6.72. The second kappa shape index (κ2) is 7.79. The van der Waals surface area contributed by atoms with Crippen molar-refractivity contribution in [3.05, 3.63) is 53.3 Å². The molecule has 108 valence electrons. The SMILES string of the molecule is COCc1ccccc1CNCc1cnn(CCO)c1. The molecule has 1 heterocycles. The molecule has 0 aliphatic heterocycles. The minimum absolute atomic E-state index is 0.110. The van der Waals surface area contributed by atoms with Gasteiger partial charge in [-0.3, -0.25) is 4.68 Å². The Morgan fingerprint density at radius 3 is 2.80 bits per heavy atom. The molecule has 20 heavy (non-hydrogen) atoms. The Bertz CT molecular complexity index is 525. The highest BCUT2D eigenvalue weighted by molar-refractivity contribution is 5.26. The molecule has 0 aliphatic carbocycles. The molecule has 0 saturated carbocycles. The Kier molecular flexibility index (Phi) is 5.73. The molecule has 0 spiro atoms. The molecule has 5 heteroatoms. The minimum atomic E-state index is 0.110. The molecule has 2 rings (SSSR count). The van der Waals surface area contributed by atoms with Gasteiger partial charge in [-0.15, -0.1) is 0 Å². The molecular formula is C15H21N3O2. The summed E-state index contributed by atoms with van der Waals surface area (Å²) < 4.78 is 6.94. The summed E-state index contributed by atoms with van der Waals surface area (Å²) in [6, 6.07) is 8.25. The molecule has 0 aliphatic rings. The van der Waals surface area contributed by atoms with Crippen molar-refractivity contribution in [2.45, 2.75) is 26.2 Å². The van der Waals surface area contributed by atoms with E-state index in [0.29, 0.717) is 13.2 Å². The molecule has 2 aromatic rings. The smallest absolute Gasteiger partial charge is 0.0716 e. The zero-order chi connectivity index (χ0) is 14.2. The number of ether oxygens (including phenoxy) is 1. The number of aliphatic hydroxyl groups excluding tert-OH is 1. The third-order valence-corrected chi connectivity index (χ3v) is 3.08. The lowest BCUT2D eigenvalue weighted by atomic mass is 10.1. The first kappa shape index (κ1) is 14.7. The molecule has 0 amide bonds. The van der Waals surface area contributed by atoms with E-state index in [9.17, 15) is 0 Å². The molecule has 0 unspecified atom stereocenters. The second-order valence-corrected chi connectivity index (χ2v) is 4.64. The predicted octanol–water partition coefficient (Wildman–Crippen LogP) is 1.31. The maximum Gasteiger partial charge on any atom is 0.0716 e. The average molecular weight is 275 g/mol. The van der Waals surface area contributed by atoms with E-state index in [2.05, 4.69) is 22.5 Å². The highest BCUT2D eigenvalue weighted by Crippen LogP contribution is 2.10. The number of aliphatic hydroxyl groups is 1. The van der Waals surface area contributed by atoms with Crippen LogP contribution in [0.15, 0.2) is 36.7 Å². The largest absolute Gasteiger partial charge is 0.394 e. The Morgan fingerprint density at radius 1 is 1.25 bits per heavy atom. The number of methoxy groups -OCH3 is 1. The van der Waals surface area contributed by atoms with Crippen LogP contribution < -0.4 is 5.32 Å². The minimum Gasteiger partial charge on any atom is -0.394 e. The first-order chi connectivity index (χ1) is 9.83. The van der Waals surface area contributed by atoms with Gasteiger partial charge in [-0.1, -0.05) is 24.3 Å². The van der Waals surface area contributed by atoms with E-state index < -0.39 is 0 Å². The highest BCUT2D eigenvalue weighted by Gasteiger charge is 2.02. The molecular weight excluding hydrogens is 254 g/mol. The zero-order valence-corrected chi connectivity index (χ0v) is 11.7. The predicted molar refractivity (Wildman–Crippen MR) is 77.0 cm³/mol. The number of benzene rings is 1. The second-order valence-electron chi connectivity index (χ2n) is 4.64. The van der Waals surface area contributed by atoms with Crippen LogP contribution in [0.3, 0.4) is 0 Å². The van der Waals surface area contributed by atoms with Crippen molar-refractivity contribution in [3.8, 4) is 0 Å². The quantitative estimate of drug-likeness (QED) is 0.762. The summed E-state index contributed by atoms with van der Waals surface area (Å²) in [6.07, 6.45) is 3.77. The van der Waals surface area contributed by atoms with Gasteiger partial charge in [-0.25, -0.2) is 0 Å². The molecule has 1 aromatic heterocycles. The highest BCUT2D eigenvalue weighted by atomic mass is 16.5. The summed E-state index contributed by atoms with van der Waals surface area (Å²) >= 11 is 0. The topological polar surface area (TPSA) is 59.3 Å². The summed E-state index contributed by atoms with van der Waals surface area (Å²) in [5.74, 6) is 0. The van der Waals surface area contributed by atoms with Crippen molar-refractivity contribution in [1.82, 2.24) is 15.1 Å². The van der Waals surface area contributed by atoms with Gasteiger partial charge in [-0.05, 0) is 11.1 Å². The summed E-state index contributed by atoms with van der Waals surface area (Å²) in [7, 11) is 1.71. The van der Waals surface area contributed by atoms with Crippen molar-refractivity contribution in [1.29, 1.82) is 0 Å². The third kappa shape index (κ3) is 4.16. The maximum atomic E-state index is 8.85. The standard InChI is InChI=1S/C15H21N3O2/c1-20-12-15-5-3-2-4-14(15)10-16-8-13-9-17-18(11-13)6-7-19/h2-5,9,11,16,19H,6-8,10,12H2,1H3.